The van der Waals surface area contributed by atoms with Gasteiger partial charge in [-0.15, -0.1) is 5.54 Å². The summed E-state index contributed by atoms with van der Waals surface area (Å²) < 4.78 is 15.6. The van der Waals surface area contributed by atoms with Crippen molar-refractivity contribution in [2.24, 2.45) is 0 Å². The van der Waals surface area contributed by atoms with Crippen LogP contribution in [0.1, 0.15) is 35.2 Å². The molecule has 2 rings (SSSR count). The van der Waals surface area contributed by atoms with E-state index in [2.05, 4.69) is 31.1 Å². The zero-order chi connectivity index (χ0) is 20.9. The molecular formula is C21H29NO5Si. The van der Waals surface area contributed by atoms with E-state index >= 15 is 0 Å². The van der Waals surface area contributed by atoms with Crippen molar-refractivity contribution in [1.82, 2.24) is 4.90 Å². The maximum absolute atomic E-state index is 13.1. The Morgan fingerprint density at radius 2 is 1.79 bits per heavy atom. The van der Waals surface area contributed by atoms with Crippen molar-refractivity contribution in [1.29, 1.82) is 0 Å². The molecular weight excluding hydrogens is 374 g/mol. The quantitative estimate of drug-likeness (QED) is 0.426. The number of amides is 1. The highest BCUT2D eigenvalue weighted by Crippen LogP contribution is 2.32. The van der Waals surface area contributed by atoms with E-state index in [1.165, 1.54) is 14.2 Å². The van der Waals surface area contributed by atoms with Gasteiger partial charge in [0.2, 0.25) is 0 Å². The topological polar surface area (TPSA) is 65.1 Å². The highest BCUT2D eigenvalue weighted by atomic mass is 28.3. The SMILES string of the molecule is COC(=O)N1CCCC1CC(=O)c1cc(OC)c(OC)cc1C#C[Si](C)(C)C. The second kappa shape index (κ2) is 9.15. The van der Waals surface area contributed by atoms with Crippen molar-refractivity contribution in [3.8, 4) is 23.0 Å². The third kappa shape index (κ3) is 5.29. The van der Waals surface area contributed by atoms with Crippen LogP contribution in [0.25, 0.3) is 0 Å². The Morgan fingerprint density at radius 3 is 2.36 bits per heavy atom. The fourth-order valence-electron chi connectivity index (χ4n) is 3.20. The normalized spacial score (nSPS) is 16.2. The number of likely N-dealkylation sites (tertiary alicyclic amines) is 1. The first-order chi connectivity index (χ1) is 13.2. The van der Waals surface area contributed by atoms with Crippen molar-refractivity contribution in [2.45, 2.75) is 44.9 Å². The zero-order valence-electron chi connectivity index (χ0n) is 17.5. The molecule has 0 spiro atoms. The Morgan fingerprint density at radius 1 is 1.14 bits per heavy atom. The maximum atomic E-state index is 13.1. The Bertz CT molecular complexity index is 803. The molecule has 1 heterocycles. The van der Waals surface area contributed by atoms with Gasteiger partial charge in [0, 0.05) is 36.2 Å². The van der Waals surface area contributed by atoms with Crippen LogP contribution in [-0.4, -0.2) is 58.8 Å². The minimum absolute atomic E-state index is 0.0679. The fraction of sp³-hybridized carbons (Fsp3) is 0.524. The number of nitrogens with zero attached hydrogens (tertiary/aromatic N) is 1. The average molecular weight is 404 g/mol. The maximum Gasteiger partial charge on any atom is 0.409 e. The second-order valence-electron chi connectivity index (χ2n) is 7.84. The number of carbonyl (C=O) groups excluding carboxylic acids is 2. The van der Waals surface area contributed by atoms with E-state index in [9.17, 15) is 9.59 Å². The lowest BCUT2D eigenvalue weighted by atomic mass is 9.97. The van der Waals surface area contributed by atoms with Gasteiger partial charge >= 0.3 is 6.09 Å². The predicted octanol–water partition coefficient (Wildman–Crippen LogP) is 3.74. The molecule has 0 N–H and O–H groups in total. The van der Waals surface area contributed by atoms with E-state index in [-0.39, 0.29) is 24.3 Å². The van der Waals surface area contributed by atoms with Gasteiger partial charge in [0.1, 0.15) is 8.07 Å². The Hall–Kier alpha value is -2.46. The number of benzene rings is 1. The van der Waals surface area contributed by atoms with E-state index in [4.69, 9.17) is 14.2 Å². The van der Waals surface area contributed by atoms with Crippen LogP contribution in [0, 0.1) is 11.5 Å². The highest BCUT2D eigenvalue weighted by molar-refractivity contribution is 6.83. The van der Waals surface area contributed by atoms with Crippen LogP contribution < -0.4 is 9.47 Å². The lowest BCUT2D eigenvalue weighted by molar-refractivity contribution is 0.0914. The lowest BCUT2D eigenvalue weighted by Gasteiger charge is -2.23. The summed E-state index contributed by atoms with van der Waals surface area (Å²) >= 11 is 0. The van der Waals surface area contributed by atoms with E-state index in [1.54, 1.807) is 24.1 Å². The third-order valence-electron chi connectivity index (χ3n) is 4.60. The van der Waals surface area contributed by atoms with E-state index in [1.807, 2.05) is 0 Å². The van der Waals surface area contributed by atoms with Gasteiger partial charge in [0.15, 0.2) is 17.3 Å². The first kappa shape index (κ1) is 21.8. The van der Waals surface area contributed by atoms with Gasteiger partial charge in [0.25, 0.3) is 0 Å². The molecule has 6 nitrogen and oxygen atoms in total. The molecule has 0 bridgehead atoms. The van der Waals surface area contributed by atoms with Crippen LogP contribution in [0.4, 0.5) is 4.79 Å². The molecule has 1 aliphatic heterocycles. The molecule has 1 unspecified atom stereocenters. The summed E-state index contributed by atoms with van der Waals surface area (Å²) in [7, 11) is 2.83. The van der Waals surface area contributed by atoms with Crippen molar-refractivity contribution < 1.29 is 23.8 Å². The van der Waals surface area contributed by atoms with E-state index in [0.29, 0.717) is 29.2 Å². The summed E-state index contributed by atoms with van der Waals surface area (Å²) in [5, 5.41) is 0. The van der Waals surface area contributed by atoms with Gasteiger partial charge in [0.05, 0.1) is 21.3 Å². The molecule has 1 amide bonds. The van der Waals surface area contributed by atoms with Crippen molar-refractivity contribution in [3.63, 3.8) is 0 Å². The summed E-state index contributed by atoms with van der Waals surface area (Å²) in [4.78, 5) is 26.7. The van der Waals surface area contributed by atoms with Gasteiger partial charge in [-0.2, -0.15) is 0 Å². The largest absolute Gasteiger partial charge is 0.493 e. The lowest BCUT2D eigenvalue weighted by Crippen LogP contribution is -2.36. The summed E-state index contributed by atoms with van der Waals surface area (Å²) in [6.45, 7) is 7.05. The summed E-state index contributed by atoms with van der Waals surface area (Å²) in [5.41, 5.74) is 4.44. The first-order valence-corrected chi connectivity index (χ1v) is 12.9. The van der Waals surface area contributed by atoms with Crippen LogP contribution in [0.2, 0.25) is 19.6 Å². The molecule has 1 aromatic rings. The molecule has 1 saturated heterocycles. The number of carbonyl (C=O) groups is 2. The number of methoxy groups -OCH3 is 3. The van der Waals surface area contributed by atoms with Gasteiger partial charge < -0.3 is 19.1 Å². The minimum atomic E-state index is -1.63. The molecule has 0 radical (unpaired) electrons. The van der Waals surface area contributed by atoms with E-state index < -0.39 is 8.07 Å². The van der Waals surface area contributed by atoms with Crippen LogP contribution in [0.5, 0.6) is 11.5 Å². The molecule has 28 heavy (non-hydrogen) atoms. The predicted molar refractivity (Wildman–Crippen MR) is 111 cm³/mol. The molecule has 1 atom stereocenters. The molecule has 7 heteroatoms. The molecule has 1 fully saturated rings. The van der Waals surface area contributed by atoms with Gasteiger partial charge in [-0.1, -0.05) is 25.6 Å². The number of ketones is 1. The number of rotatable bonds is 5. The monoisotopic (exact) mass is 403 g/mol. The molecule has 1 aromatic carbocycles. The van der Waals surface area contributed by atoms with Crippen LogP contribution in [0.3, 0.4) is 0 Å². The van der Waals surface area contributed by atoms with Gasteiger partial charge in [-0.05, 0) is 18.9 Å². The minimum Gasteiger partial charge on any atom is -0.493 e. The van der Waals surface area contributed by atoms with Gasteiger partial charge in [-0.3, -0.25) is 4.79 Å². The van der Waals surface area contributed by atoms with Gasteiger partial charge in [-0.25, -0.2) is 4.79 Å². The van der Waals surface area contributed by atoms with Crippen LogP contribution in [-0.2, 0) is 4.74 Å². The molecule has 1 aliphatic rings. The van der Waals surface area contributed by atoms with Crippen molar-refractivity contribution in [2.75, 3.05) is 27.9 Å². The van der Waals surface area contributed by atoms with E-state index in [0.717, 1.165) is 12.8 Å². The van der Waals surface area contributed by atoms with Crippen LogP contribution >= 0.6 is 0 Å². The number of hydrogen-bond donors (Lipinski definition) is 0. The summed E-state index contributed by atoms with van der Waals surface area (Å²) in [6.07, 6.45) is 1.48. The van der Waals surface area contributed by atoms with Crippen LogP contribution in [0.15, 0.2) is 12.1 Å². The third-order valence-corrected chi connectivity index (χ3v) is 5.48. The number of ether oxygens (including phenoxy) is 3. The Balaban J connectivity index is 2.39. The standard InChI is InChI=1S/C21H29NO5Si/c1-25-19-12-15(9-11-28(4,5)6)17(14-20(19)26-2)18(23)13-16-8-7-10-22(16)21(24)27-3/h12,14,16H,7-8,10,13H2,1-6H3. The Kier molecular flexibility index (Phi) is 7.14. The zero-order valence-corrected chi connectivity index (χ0v) is 18.5. The highest BCUT2D eigenvalue weighted by Gasteiger charge is 2.32. The second-order valence-corrected chi connectivity index (χ2v) is 12.6. The average Bonchev–Trinajstić information content (AvgIpc) is 3.12. The smallest absolute Gasteiger partial charge is 0.409 e. The molecule has 0 aliphatic carbocycles. The fourth-order valence-corrected chi connectivity index (χ4v) is 3.71. The molecule has 152 valence electrons. The Labute approximate surface area is 168 Å². The summed E-state index contributed by atoms with van der Waals surface area (Å²) in [6, 6.07) is 3.28. The molecule has 0 saturated carbocycles. The number of hydrogen-bond acceptors (Lipinski definition) is 5. The van der Waals surface area contributed by atoms with Crippen molar-refractivity contribution in [3.05, 3.63) is 23.3 Å². The summed E-state index contributed by atoms with van der Waals surface area (Å²) in [5.74, 6) is 4.14. The number of Topliss-reactive ketones (excluding diaryl/α,β-unsaturated/α-hetero) is 1. The van der Waals surface area contributed by atoms with Crippen molar-refractivity contribution >= 4 is 20.0 Å². The first-order valence-electron chi connectivity index (χ1n) is 9.37. The molecule has 0 aromatic heterocycles.